The second kappa shape index (κ2) is 10.0. The molecule has 2 nitrogen and oxygen atoms in total. The first-order valence-corrected chi connectivity index (χ1v) is 5.40. The van der Waals surface area contributed by atoms with Crippen LogP contribution in [0.2, 0.25) is 0 Å². The highest BCUT2D eigenvalue weighted by atomic mass is 16.1. The van der Waals surface area contributed by atoms with E-state index in [1.54, 1.807) is 6.08 Å². The Balaban J connectivity index is 3.23. The first-order chi connectivity index (χ1) is 6.77. The van der Waals surface area contributed by atoms with Crippen molar-refractivity contribution in [3.8, 4) is 0 Å². The van der Waals surface area contributed by atoms with Crippen LogP contribution in [-0.2, 0) is 4.79 Å². The summed E-state index contributed by atoms with van der Waals surface area (Å²) in [5, 5.41) is 0. The number of allylic oxidation sites excluding steroid dienone is 3. The smallest absolute Gasteiger partial charge is 0.241 e. The van der Waals surface area contributed by atoms with E-state index < -0.39 is 5.91 Å². The average molecular weight is 195 g/mol. The van der Waals surface area contributed by atoms with Crippen molar-refractivity contribution in [1.82, 2.24) is 0 Å². The minimum atomic E-state index is -0.391. The topological polar surface area (TPSA) is 43.1 Å². The number of rotatable bonds is 8. The van der Waals surface area contributed by atoms with Crippen LogP contribution in [0.15, 0.2) is 24.3 Å². The Labute approximate surface area is 86.9 Å². The van der Waals surface area contributed by atoms with E-state index in [9.17, 15) is 4.79 Å². The second-order valence-electron chi connectivity index (χ2n) is 3.39. The molecule has 0 aromatic rings. The number of hydrogen-bond acceptors (Lipinski definition) is 1. The van der Waals surface area contributed by atoms with E-state index in [1.165, 1.54) is 38.2 Å². The van der Waals surface area contributed by atoms with Gasteiger partial charge in [0.05, 0.1) is 0 Å². The number of amides is 1. The summed E-state index contributed by atoms with van der Waals surface area (Å²) in [4.78, 5) is 10.3. The van der Waals surface area contributed by atoms with Gasteiger partial charge in [0.25, 0.3) is 0 Å². The summed E-state index contributed by atoms with van der Waals surface area (Å²) in [6.45, 7) is 2.22. The molecule has 1 amide bonds. The molecule has 0 spiro atoms. The fourth-order valence-electron chi connectivity index (χ4n) is 1.19. The molecule has 0 unspecified atom stereocenters. The maximum absolute atomic E-state index is 10.3. The standard InChI is InChI=1S/C12H21NO/c1-2-3-4-5-6-7-8-9-10-11-12(13)14/h8-11H,2-7H2,1H3,(H2,13,14)/b9-8?,11-10+. The Hall–Kier alpha value is -1.05. The molecule has 0 aliphatic rings. The van der Waals surface area contributed by atoms with Gasteiger partial charge in [0.15, 0.2) is 0 Å². The molecule has 14 heavy (non-hydrogen) atoms. The van der Waals surface area contributed by atoms with Crippen LogP contribution >= 0.6 is 0 Å². The molecule has 0 heterocycles. The fraction of sp³-hybridized carbons (Fsp3) is 0.583. The predicted octanol–water partition coefficient (Wildman–Crippen LogP) is 2.94. The summed E-state index contributed by atoms with van der Waals surface area (Å²) in [5.41, 5.74) is 4.93. The van der Waals surface area contributed by atoms with Gasteiger partial charge < -0.3 is 5.73 Å². The summed E-state index contributed by atoms with van der Waals surface area (Å²) >= 11 is 0. The van der Waals surface area contributed by atoms with Crippen molar-refractivity contribution in [3.63, 3.8) is 0 Å². The monoisotopic (exact) mass is 195 g/mol. The molecule has 0 bridgehead atoms. The molecule has 0 saturated heterocycles. The van der Waals surface area contributed by atoms with Gasteiger partial charge in [-0.25, -0.2) is 0 Å². The number of nitrogens with two attached hydrogens (primary N) is 1. The average Bonchev–Trinajstić information content (AvgIpc) is 2.15. The zero-order valence-electron chi connectivity index (χ0n) is 9.04. The summed E-state index contributed by atoms with van der Waals surface area (Å²) in [5.74, 6) is -0.391. The molecular weight excluding hydrogens is 174 g/mol. The van der Waals surface area contributed by atoms with Crippen molar-refractivity contribution in [3.05, 3.63) is 24.3 Å². The van der Waals surface area contributed by atoms with Gasteiger partial charge in [0, 0.05) is 6.08 Å². The Morgan fingerprint density at radius 1 is 1.14 bits per heavy atom. The van der Waals surface area contributed by atoms with Crippen molar-refractivity contribution in [2.45, 2.75) is 45.4 Å². The van der Waals surface area contributed by atoms with Crippen molar-refractivity contribution < 1.29 is 4.79 Å². The Bertz CT molecular complexity index is 194. The number of carbonyl (C=O) groups excluding carboxylic acids is 1. The number of carbonyl (C=O) groups is 1. The SMILES string of the molecule is CCCCCCCC=C/C=C/C(N)=O. The highest BCUT2D eigenvalue weighted by molar-refractivity contribution is 5.85. The van der Waals surface area contributed by atoms with Gasteiger partial charge >= 0.3 is 0 Å². The molecule has 0 aromatic heterocycles. The van der Waals surface area contributed by atoms with Gasteiger partial charge in [-0.1, -0.05) is 50.8 Å². The molecule has 0 radical (unpaired) electrons. The summed E-state index contributed by atoms with van der Waals surface area (Å²) < 4.78 is 0. The first kappa shape index (κ1) is 12.9. The summed E-state index contributed by atoms with van der Waals surface area (Å²) in [6.07, 6.45) is 14.6. The van der Waals surface area contributed by atoms with E-state index >= 15 is 0 Å². The van der Waals surface area contributed by atoms with Gasteiger partial charge in [-0.05, 0) is 12.8 Å². The van der Waals surface area contributed by atoms with Crippen LogP contribution in [0, 0.1) is 0 Å². The molecule has 0 aliphatic carbocycles. The number of hydrogen-bond donors (Lipinski definition) is 1. The van der Waals surface area contributed by atoms with E-state index in [0.29, 0.717) is 0 Å². The largest absolute Gasteiger partial charge is 0.366 e. The molecule has 0 fully saturated rings. The van der Waals surface area contributed by atoms with Gasteiger partial charge in [-0.2, -0.15) is 0 Å². The van der Waals surface area contributed by atoms with Crippen LogP contribution < -0.4 is 5.73 Å². The minimum absolute atomic E-state index is 0.391. The van der Waals surface area contributed by atoms with Crippen LogP contribution in [0.3, 0.4) is 0 Å². The second-order valence-corrected chi connectivity index (χ2v) is 3.39. The number of unbranched alkanes of at least 4 members (excludes halogenated alkanes) is 5. The third-order valence-electron chi connectivity index (χ3n) is 1.98. The lowest BCUT2D eigenvalue weighted by Crippen LogP contribution is -2.04. The quantitative estimate of drug-likeness (QED) is 0.361. The van der Waals surface area contributed by atoms with Crippen LogP contribution in [0.1, 0.15) is 45.4 Å². The van der Waals surface area contributed by atoms with Crippen molar-refractivity contribution >= 4 is 5.91 Å². The lowest BCUT2D eigenvalue weighted by molar-refractivity contribution is -0.113. The molecule has 80 valence electrons. The normalized spacial score (nSPS) is 11.5. The fourth-order valence-corrected chi connectivity index (χ4v) is 1.19. The Morgan fingerprint density at radius 2 is 1.86 bits per heavy atom. The van der Waals surface area contributed by atoms with Crippen molar-refractivity contribution in [2.24, 2.45) is 5.73 Å². The highest BCUT2D eigenvalue weighted by Crippen LogP contribution is 2.05. The zero-order valence-corrected chi connectivity index (χ0v) is 9.04. The lowest BCUT2D eigenvalue weighted by atomic mass is 10.1. The van der Waals surface area contributed by atoms with Crippen molar-refractivity contribution in [1.29, 1.82) is 0 Å². The van der Waals surface area contributed by atoms with Crippen LogP contribution in [-0.4, -0.2) is 5.91 Å². The van der Waals surface area contributed by atoms with Crippen LogP contribution in [0.4, 0.5) is 0 Å². The van der Waals surface area contributed by atoms with Gasteiger partial charge in [0.2, 0.25) is 5.91 Å². The van der Waals surface area contributed by atoms with E-state index in [2.05, 4.69) is 13.0 Å². The predicted molar refractivity (Wildman–Crippen MR) is 60.9 cm³/mol. The highest BCUT2D eigenvalue weighted by Gasteiger charge is 1.85. The van der Waals surface area contributed by atoms with Crippen LogP contribution in [0.5, 0.6) is 0 Å². The van der Waals surface area contributed by atoms with Gasteiger partial charge in [0.1, 0.15) is 0 Å². The third-order valence-corrected chi connectivity index (χ3v) is 1.98. The third kappa shape index (κ3) is 11.0. The molecular formula is C12H21NO. The summed E-state index contributed by atoms with van der Waals surface area (Å²) in [6, 6.07) is 0. The molecule has 0 aliphatic heterocycles. The van der Waals surface area contributed by atoms with E-state index in [1.807, 2.05) is 6.08 Å². The van der Waals surface area contributed by atoms with Gasteiger partial charge in [-0.3, -0.25) is 4.79 Å². The number of primary amides is 1. The van der Waals surface area contributed by atoms with Crippen LogP contribution in [0.25, 0.3) is 0 Å². The van der Waals surface area contributed by atoms with E-state index in [0.717, 1.165) is 6.42 Å². The van der Waals surface area contributed by atoms with E-state index in [-0.39, 0.29) is 0 Å². The zero-order chi connectivity index (χ0) is 10.6. The summed E-state index contributed by atoms with van der Waals surface area (Å²) in [7, 11) is 0. The minimum Gasteiger partial charge on any atom is -0.366 e. The maximum atomic E-state index is 10.3. The van der Waals surface area contributed by atoms with Crippen molar-refractivity contribution in [2.75, 3.05) is 0 Å². The molecule has 0 aromatic carbocycles. The molecule has 0 rings (SSSR count). The lowest BCUT2D eigenvalue weighted by Gasteiger charge is -1.95. The first-order valence-electron chi connectivity index (χ1n) is 5.40. The maximum Gasteiger partial charge on any atom is 0.241 e. The van der Waals surface area contributed by atoms with E-state index in [4.69, 9.17) is 5.73 Å². The molecule has 0 saturated carbocycles. The molecule has 0 atom stereocenters. The Kier molecular flexibility index (Phi) is 9.28. The molecule has 2 heteroatoms. The Morgan fingerprint density at radius 3 is 2.50 bits per heavy atom. The van der Waals surface area contributed by atoms with Gasteiger partial charge in [-0.15, -0.1) is 0 Å². The molecule has 2 N–H and O–H groups in total.